The SMILES string of the molecule is Cc1cc(C(=O)Nc2cccc(Cl)c2)nc(N2CCN(C)CC2)n1. The van der Waals surface area contributed by atoms with Crippen LogP contribution in [0.3, 0.4) is 0 Å². The van der Waals surface area contributed by atoms with E-state index in [-0.39, 0.29) is 5.91 Å². The van der Waals surface area contributed by atoms with Crippen molar-refractivity contribution >= 4 is 29.1 Å². The van der Waals surface area contributed by atoms with E-state index in [2.05, 4.69) is 32.1 Å². The fraction of sp³-hybridized carbons (Fsp3) is 0.353. The summed E-state index contributed by atoms with van der Waals surface area (Å²) in [6, 6.07) is 8.74. The van der Waals surface area contributed by atoms with Crippen LogP contribution in [0.1, 0.15) is 16.2 Å². The van der Waals surface area contributed by atoms with E-state index >= 15 is 0 Å². The molecule has 1 N–H and O–H groups in total. The number of nitrogens with one attached hydrogen (secondary N) is 1. The number of amides is 1. The average molecular weight is 346 g/mol. The minimum absolute atomic E-state index is 0.266. The standard InChI is InChI=1S/C17H20ClN5O/c1-12-10-15(16(24)20-14-5-3-4-13(18)11-14)21-17(19-12)23-8-6-22(2)7-9-23/h3-5,10-11H,6-9H2,1-2H3,(H,20,24). The molecule has 1 aromatic heterocycles. The van der Waals surface area contributed by atoms with Crippen molar-refractivity contribution in [2.75, 3.05) is 43.4 Å². The molecule has 24 heavy (non-hydrogen) atoms. The fourth-order valence-corrected chi connectivity index (χ4v) is 2.77. The molecule has 1 fully saturated rings. The van der Waals surface area contributed by atoms with Gasteiger partial charge in [-0.25, -0.2) is 9.97 Å². The molecule has 0 saturated carbocycles. The van der Waals surface area contributed by atoms with Crippen LogP contribution in [0.25, 0.3) is 0 Å². The highest BCUT2D eigenvalue weighted by Crippen LogP contribution is 2.17. The van der Waals surface area contributed by atoms with E-state index in [1.165, 1.54) is 0 Å². The molecular weight excluding hydrogens is 326 g/mol. The summed E-state index contributed by atoms with van der Waals surface area (Å²) < 4.78 is 0. The fourth-order valence-electron chi connectivity index (χ4n) is 2.58. The summed E-state index contributed by atoms with van der Waals surface area (Å²) in [6.45, 7) is 5.50. The number of nitrogens with zero attached hydrogens (tertiary/aromatic N) is 4. The van der Waals surface area contributed by atoms with Gasteiger partial charge in [0, 0.05) is 42.6 Å². The van der Waals surface area contributed by atoms with Crippen molar-refractivity contribution in [2.24, 2.45) is 0 Å². The first kappa shape index (κ1) is 16.7. The first-order valence-corrected chi connectivity index (χ1v) is 8.25. The van der Waals surface area contributed by atoms with Crippen LogP contribution in [0, 0.1) is 6.92 Å². The molecule has 6 nitrogen and oxygen atoms in total. The maximum absolute atomic E-state index is 12.5. The minimum Gasteiger partial charge on any atom is -0.338 e. The highest BCUT2D eigenvalue weighted by Gasteiger charge is 2.19. The monoisotopic (exact) mass is 345 g/mol. The summed E-state index contributed by atoms with van der Waals surface area (Å²) >= 11 is 5.95. The number of anilines is 2. The minimum atomic E-state index is -0.266. The summed E-state index contributed by atoms with van der Waals surface area (Å²) in [5.41, 5.74) is 1.77. The number of halogens is 1. The Morgan fingerprint density at radius 1 is 1.17 bits per heavy atom. The van der Waals surface area contributed by atoms with Crippen LogP contribution in [0.15, 0.2) is 30.3 Å². The molecule has 126 valence electrons. The Balaban J connectivity index is 1.79. The lowest BCUT2D eigenvalue weighted by Crippen LogP contribution is -2.45. The topological polar surface area (TPSA) is 61.4 Å². The predicted molar refractivity (Wildman–Crippen MR) is 95.9 cm³/mol. The number of aromatic nitrogens is 2. The van der Waals surface area contributed by atoms with E-state index in [0.717, 1.165) is 31.9 Å². The summed E-state index contributed by atoms with van der Waals surface area (Å²) in [5.74, 6) is 0.345. The molecule has 1 aliphatic heterocycles. The molecule has 2 heterocycles. The molecule has 2 aromatic rings. The smallest absolute Gasteiger partial charge is 0.274 e. The van der Waals surface area contributed by atoms with Crippen molar-refractivity contribution in [1.29, 1.82) is 0 Å². The lowest BCUT2D eigenvalue weighted by molar-refractivity contribution is 0.102. The molecule has 0 atom stereocenters. The Kier molecular flexibility index (Phi) is 4.97. The molecule has 0 spiro atoms. The quantitative estimate of drug-likeness (QED) is 0.925. The van der Waals surface area contributed by atoms with Crippen LogP contribution < -0.4 is 10.2 Å². The Bertz CT molecular complexity index is 744. The van der Waals surface area contributed by atoms with Gasteiger partial charge < -0.3 is 15.1 Å². The van der Waals surface area contributed by atoms with Gasteiger partial charge >= 0.3 is 0 Å². The molecule has 0 bridgehead atoms. The number of carbonyl (C=O) groups excluding carboxylic acids is 1. The lowest BCUT2D eigenvalue weighted by Gasteiger charge is -2.32. The number of rotatable bonds is 3. The lowest BCUT2D eigenvalue weighted by atomic mass is 10.2. The second-order valence-corrected chi connectivity index (χ2v) is 6.39. The molecule has 7 heteroatoms. The summed E-state index contributed by atoms with van der Waals surface area (Å²) in [6.07, 6.45) is 0. The zero-order chi connectivity index (χ0) is 17.1. The third kappa shape index (κ3) is 4.01. The van der Waals surface area contributed by atoms with Crippen molar-refractivity contribution in [3.63, 3.8) is 0 Å². The largest absolute Gasteiger partial charge is 0.338 e. The first-order valence-electron chi connectivity index (χ1n) is 7.87. The maximum Gasteiger partial charge on any atom is 0.274 e. The normalized spacial score (nSPS) is 15.4. The summed E-state index contributed by atoms with van der Waals surface area (Å²) in [4.78, 5) is 25.8. The van der Waals surface area contributed by atoms with Crippen molar-refractivity contribution in [2.45, 2.75) is 6.92 Å². The van der Waals surface area contributed by atoms with E-state index in [1.54, 1.807) is 30.3 Å². The Morgan fingerprint density at radius 2 is 1.92 bits per heavy atom. The third-order valence-electron chi connectivity index (χ3n) is 3.94. The van der Waals surface area contributed by atoms with Gasteiger partial charge in [0.1, 0.15) is 5.69 Å². The van der Waals surface area contributed by atoms with Gasteiger partial charge in [0.2, 0.25) is 5.95 Å². The van der Waals surface area contributed by atoms with Crippen LogP contribution in [0.4, 0.5) is 11.6 Å². The Morgan fingerprint density at radius 3 is 2.62 bits per heavy atom. The summed E-state index contributed by atoms with van der Waals surface area (Å²) in [5, 5.41) is 3.40. The number of piperazine rings is 1. The van der Waals surface area contributed by atoms with Crippen LogP contribution in [0.2, 0.25) is 5.02 Å². The van der Waals surface area contributed by atoms with Crippen molar-refractivity contribution in [3.05, 3.63) is 46.7 Å². The van der Waals surface area contributed by atoms with Gasteiger partial charge in [-0.3, -0.25) is 4.79 Å². The van der Waals surface area contributed by atoms with Gasteiger partial charge in [0.25, 0.3) is 5.91 Å². The van der Waals surface area contributed by atoms with Crippen LogP contribution in [-0.2, 0) is 0 Å². The first-order chi connectivity index (χ1) is 11.5. The molecule has 0 unspecified atom stereocenters. The van der Waals surface area contributed by atoms with Crippen LogP contribution in [0.5, 0.6) is 0 Å². The zero-order valence-corrected chi connectivity index (χ0v) is 14.5. The molecular formula is C17H20ClN5O. The number of hydrogen-bond acceptors (Lipinski definition) is 5. The molecule has 3 rings (SSSR count). The summed E-state index contributed by atoms with van der Waals surface area (Å²) in [7, 11) is 2.10. The van der Waals surface area contributed by atoms with Gasteiger partial charge in [-0.2, -0.15) is 0 Å². The zero-order valence-electron chi connectivity index (χ0n) is 13.8. The number of carbonyl (C=O) groups is 1. The number of aryl methyl sites for hydroxylation is 1. The van der Waals surface area contributed by atoms with E-state index in [1.807, 2.05) is 6.92 Å². The Labute approximate surface area is 146 Å². The number of benzene rings is 1. The van der Waals surface area contributed by atoms with Gasteiger partial charge in [0.15, 0.2) is 0 Å². The average Bonchev–Trinajstić information content (AvgIpc) is 2.55. The highest BCUT2D eigenvalue weighted by molar-refractivity contribution is 6.30. The molecule has 1 amide bonds. The van der Waals surface area contributed by atoms with Gasteiger partial charge in [-0.05, 0) is 38.2 Å². The predicted octanol–water partition coefficient (Wildman–Crippen LogP) is 2.44. The van der Waals surface area contributed by atoms with Crippen molar-refractivity contribution in [1.82, 2.24) is 14.9 Å². The Hall–Kier alpha value is -2.18. The van der Waals surface area contributed by atoms with Crippen LogP contribution >= 0.6 is 11.6 Å². The third-order valence-corrected chi connectivity index (χ3v) is 4.18. The highest BCUT2D eigenvalue weighted by atomic mass is 35.5. The molecule has 0 radical (unpaired) electrons. The van der Waals surface area contributed by atoms with E-state index in [4.69, 9.17) is 11.6 Å². The van der Waals surface area contributed by atoms with Crippen molar-refractivity contribution < 1.29 is 4.79 Å². The van der Waals surface area contributed by atoms with Gasteiger partial charge in [0.05, 0.1) is 0 Å². The molecule has 1 aromatic carbocycles. The molecule has 0 aliphatic carbocycles. The van der Waals surface area contributed by atoms with E-state index in [0.29, 0.717) is 22.4 Å². The maximum atomic E-state index is 12.5. The molecule has 1 aliphatic rings. The van der Waals surface area contributed by atoms with Gasteiger partial charge in [-0.15, -0.1) is 0 Å². The van der Waals surface area contributed by atoms with Crippen LogP contribution in [-0.4, -0.2) is 54.0 Å². The second-order valence-electron chi connectivity index (χ2n) is 5.95. The second kappa shape index (κ2) is 7.15. The number of likely N-dealkylation sites (N-methyl/N-ethyl adjacent to an activating group) is 1. The molecule has 1 saturated heterocycles. The van der Waals surface area contributed by atoms with Gasteiger partial charge in [-0.1, -0.05) is 17.7 Å². The van der Waals surface area contributed by atoms with E-state index < -0.39 is 0 Å². The number of hydrogen-bond donors (Lipinski definition) is 1. The van der Waals surface area contributed by atoms with Crippen molar-refractivity contribution in [3.8, 4) is 0 Å². The van der Waals surface area contributed by atoms with E-state index in [9.17, 15) is 4.79 Å².